The Kier molecular flexibility index (Phi) is 4.48. The standard InChI is InChI=1S/C8H4F5NS2/c9-3-4(10)6(12)8(7(13)5(3)11)16-14-1-2-15/h1-2,14-15H/b2-1+. The van der Waals surface area contributed by atoms with Gasteiger partial charge in [0.15, 0.2) is 23.3 Å². The highest BCUT2D eigenvalue weighted by Crippen LogP contribution is 2.29. The van der Waals surface area contributed by atoms with Crippen molar-refractivity contribution in [3.63, 3.8) is 0 Å². The van der Waals surface area contributed by atoms with E-state index >= 15 is 0 Å². The molecule has 0 unspecified atom stereocenters. The van der Waals surface area contributed by atoms with E-state index in [-0.39, 0.29) is 11.9 Å². The number of rotatable bonds is 3. The van der Waals surface area contributed by atoms with Gasteiger partial charge in [-0.15, -0.1) is 12.6 Å². The van der Waals surface area contributed by atoms with E-state index in [0.717, 1.165) is 6.20 Å². The molecule has 0 fully saturated rings. The Labute approximate surface area is 97.3 Å². The minimum Gasteiger partial charge on any atom is -0.332 e. The number of nitrogens with one attached hydrogen (secondary N) is 1. The Balaban J connectivity index is 3.18. The molecule has 0 aliphatic heterocycles. The van der Waals surface area contributed by atoms with Crippen LogP contribution in [0.5, 0.6) is 0 Å². The number of hydrogen-bond donors (Lipinski definition) is 2. The van der Waals surface area contributed by atoms with E-state index in [0.29, 0.717) is 0 Å². The summed E-state index contributed by atoms with van der Waals surface area (Å²) in [5.74, 6) is -9.87. The van der Waals surface area contributed by atoms with Crippen LogP contribution in [0.3, 0.4) is 0 Å². The van der Waals surface area contributed by atoms with E-state index in [9.17, 15) is 22.0 Å². The molecular weight excluding hydrogens is 269 g/mol. The van der Waals surface area contributed by atoms with Gasteiger partial charge in [0.05, 0.1) is 0 Å². The molecule has 0 bridgehead atoms. The molecule has 0 spiro atoms. The van der Waals surface area contributed by atoms with Gasteiger partial charge in [-0.25, -0.2) is 22.0 Å². The first-order valence-corrected chi connectivity index (χ1v) is 5.07. The van der Waals surface area contributed by atoms with Crippen LogP contribution < -0.4 is 4.72 Å². The Bertz CT molecular complexity index is 406. The summed E-state index contributed by atoms with van der Waals surface area (Å²) in [6.07, 6.45) is 1.16. The Morgan fingerprint density at radius 3 is 1.75 bits per heavy atom. The van der Waals surface area contributed by atoms with Crippen LogP contribution >= 0.6 is 24.6 Å². The van der Waals surface area contributed by atoms with E-state index in [1.54, 1.807) is 0 Å². The number of benzene rings is 1. The third kappa shape index (κ3) is 2.43. The lowest BCUT2D eigenvalue weighted by Crippen LogP contribution is -2.05. The zero-order valence-electron chi connectivity index (χ0n) is 7.40. The van der Waals surface area contributed by atoms with Gasteiger partial charge in [-0.3, -0.25) is 0 Å². The van der Waals surface area contributed by atoms with Crippen LogP contribution in [0.4, 0.5) is 22.0 Å². The smallest absolute Gasteiger partial charge is 0.200 e. The maximum atomic E-state index is 13.0. The fraction of sp³-hybridized carbons (Fsp3) is 0. The summed E-state index contributed by atoms with van der Waals surface area (Å²) in [6.45, 7) is 0. The van der Waals surface area contributed by atoms with Crippen LogP contribution in [0.15, 0.2) is 16.5 Å². The zero-order valence-corrected chi connectivity index (χ0v) is 9.11. The van der Waals surface area contributed by atoms with Gasteiger partial charge in [0.2, 0.25) is 5.82 Å². The lowest BCUT2D eigenvalue weighted by atomic mass is 10.3. The molecule has 0 saturated carbocycles. The fourth-order valence-corrected chi connectivity index (χ4v) is 1.59. The molecule has 88 valence electrons. The van der Waals surface area contributed by atoms with Crippen LogP contribution in [0.25, 0.3) is 0 Å². The average molecular weight is 273 g/mol. The molecule has 0 radical (unpaired) electrons. The summed E-state index contributed by atoms with van der Waals surface area (Å²) in [6, 6.07) is 0. The monoisotopic (exact) mass is 273 g/mol. The second-order valence-electron chi connectivity index (χ2n) is 2.43. The molecule has 1 N–H and O–H groups in total. The van der Waals surface area contributed by atoms with Crippen molar-refractivity contribution in [1.29, 1.82) is 0 Å². The van der Waals surface area contributed by atoms with Crippen LogP contribution in [-0.4, -0.2) is 0 Å². The molecule has 1 nitrogen and oxygen atoms in total. The van der Waals surface area contributed by atoms with E-state index in [4.69, 9.17) is 0 Å². The summed E-state index contributed by atoms with van der Waals surface area (Å²) >= 11 is 3.88. The van der Waals surface area contributed by atoms with Crippen LogP contribution in [0.2, 0.25) is 0 Å². The van der Waals surface area contributed by atoms with Gasteiger partial charge < -0.3 is 4.72 Å². The topological polar surface area (TPSA) is 12.0 Å². The molecule has 0 heterocycles. The van der Waals surface area contributed by atoms with Crippen molar-refractivity contribution in [2.75, 3.05) is 0 Å². The highest BCUT2D eigenvalue weighted by Gasteiger charge is 2.25. The molecule has 0 aliphatic carbocycles. The zero-order chi connectivity index (χ0) is 12.3. The SMILES string of the molecule is Fc1c(F)c(F)c(SN/C=C/S)c(F)c1F. The summed E-state index contributed by atoms with van der Waals surface area (Å²) < 4.78 is 66.2. The molecule has 0 saturated heterocycles. The molecule has 0 amide bonds. The molecule has 1 rings (SSSR count). The Morgan fingerprint density at radius 2 is 1.31 bits per heavy atom. The Hall–Kier alpha value is -0.890. The fourth-order valence-electron chi connectivity index (χ4n) is 0.798. The predicted octanol–water partition coefficient (Wildman–Crippen LogP) is 3.38. The normalized spacial score (nSPS) is 11.1. The van der Waals surface area contributed by atoms with Crippen LogP contribution in [0, 0.1) is 29.1 Å². The summed E-state index contributed by atoms with van der Waals surface area (Å²) in [5, 5.41) is 1.19. The van der Waals surface area contributed by atoms with Crippen molar-refractivity contribution < 1.29 is 22.0 Å². The maximum Gasteiger partial charge on any atom is 0.200 e. The maximum absolute atomic E-state index is 13.0. The van der Waals surface area contributed by atoms with Crippen molar-refractivity contribution in [3.8, 4) is 0 Å². The number of hydrogen-bond acceptors (Lipinski definition) is 3. The van der Waals surface area contributed by atoms with E-state index in [1.165, 1.54) is 5.41 Å². The van der Waals surface area contributed by atoms with Gasteiger partial charge in [0.25, 0.3) is 0 Å². The van der Waals surface area contributed by atoms with Gasteiger partial charge in [-0.05, 0) is 17.4 Å². The quantitative estimate of drug-likeness (QED) is 0.288. The van der Waals surface area contributed by atoms with Crippen LogP contribution in [-0.2, 0) is 0 Å². The summed E-state index contributed by atoms with van der Waals surface area (Å²) in [7, 11) is 0. The van der Waals surface area contributed by atoms with E-state index in [2.05, 4.69) is 17.4 Å². The molecule has 1 aromatic carbocycles. The number of halogens is 5. The third-order valence-electron chi connectivity index (χ3n) is 1.47. The molecule has 1 aromatic rings. The summed E-state index contributed by atoms with van der Waals surface area (Å²) in [4.78, 5) is -0.997. The molecule has 0 atom stereocenters. The first-order valence-electron chi connectivity index (χ1n) is 3.73. The second kappa shape index (κ2) is 5.44. The van der Waals surface area contributed by atoms with Crippen molar-refractivity contribution in [1.82, 2.24) is 4.72 Å². The first kappa shape index (κ1) is 13.2. The molecule has 8 heteroatoms. The van der Waals surface area contributed by atoms with E-state index in [1.807, 2.05) is 0 Å². The van der Waals surface area contributed by atoms with Gasteiger partial charge in [0.1, 0.15) is 4.90 Å². The van der Waals surface area contributed by atoms with Crippen molar-refractivity contribution >= 4 is 24.6 Å². The highest BCUT2D eigenvalue weighted by atomic mass is 32.2. The molecule has 0 aromatic heterocycles. The van der Waals surface area contributed by atoms with Crippen molar-refractivity contribution in [2.24, 2.45) is 0 Å². The molecular formula is C8H4F5NS2. The highest BCUT2D eigenvalue weighted by molar-refractivity contribution is 7.97. The van der Waals surface area contributed by atoms with Crippen molar-refractivity contribution in [2.45, 2.75) is 4.90 Å². The lowest BCUT2D eigenvalue weighted by molar-refractivity contribution is 0.361. The van der Waals surface area contributed by atoms with Crippen molar-refractivity contribution in [3.05, 3.63) is 40.7 Å². The number of thiol groups is 1. The minimum absolute atomic E-state index is 0.253. The van der Waals surface area contributed by atoms with Gasteiger partial charge in [-0.2, -0.15) is 0 Å². The predicted molar refractivity (Wildman–Crippen MR) is 53.4 cm³/mol. The molecule has 0 aliphatic rings. The summed E-state index contributed by atoms with van der Waals surface area (Å²) in [5.41, 5.74) is 0. The Morgan fingerprint density at radius 1 is 0.875 bits per heavy atom. The second-order valence-corrected chi connectivity index (χ2v) is 3.58. The van der Waals surface area contributed by atoms with Gasteiger partial charge in [0, 0.05) is 6.20 Å². The largest absolute Gasteiger partial charge is 0.332 e. The lowest BCUT2D eigenvalue weighted by Gasteiger charge is -2.06. The third-order valence-corrected chi connectivity index (χ3v) is 2.44. The van der Waals surface area contributed by atoms with E-state index < -0.39 is 34.0 Å². The van der Waals surface area contributed by atoms with Gasteiger partial charge in [-0.1, -0.05) is 0 Å². The average Bonchev–Trinajstić information content (AvgIpc) is 2.28. The van der Waals surface area contributed by atoms with Crippen LogP contribution in [0.1, 0.15) is 0 Å². The molecule has 16 heavy (non-hydrogen) atoms. The van der Waals surface area contributed by atoms with Gasteiger partial charge >= 0.3 is 0 Å². The minimum atomic E-state index is -2.18. The first-order chi connectivity index (χ1) is 7.50.